The summed E-state index contributed by atoms with van der Waals surface area (Å²) in [6.07, 6.45) is 0. The summed E-state index contributed by atoms with van der Waals surface area (Å²) in [6.45, 7) is 7.88. The molecular weight excluding hydrogens is 184 g/mol. The highest BCUT2D eigenvalue weighted by molar-refractivity contribution is 5.14. The minimum absolute atomic E-state index is 0.616. The Kier molecular flexibility index (Phi) is 3.39. The lowest BCUT2D eigenvalue weighted by Crippen LogP contribution is -2.53. The third-order valence-electron chi connectivity index (χ3n) is 3.12. The number of nitrogens with zero attached hydrogens (tertiary/aromatic N) is 1. The summed E-state index contributed by atoms with van der Waals surface area (Å²) in [7, 11) is 0. The first-order valence-electron chi connectivity index (χ1n) is 5.77. The summed E-state index contributed by atoms with van der Waals surface area (Å²) in [5.41, 5.74) is 1.42. The van der Waals surface area contributed by atoms with Gasteiger partial charge >= 0.3 is 0 Å². The van der Waals surface area contributed by atoms with E-state index in [1.54, 1.807) is 0 Å². The third kappa shape index (κ3) is 2.80. The molecule has 2 rings (SSSR count). The van der Waals surface area contributed by atoms with E-state index >= 15 is 0 Å². The van der Waals surface area contributed by atoms with Crippen LogP contribution in [0.1, 0.15) is 19.4 Å². The number of hydrogen-bond donors (Lipinski definition) is 1. The lowest BCUT2D eigenvalue weighted by atomic mass is 10.1. The lowest BCUT2D eigenvalue weighted by molar-refractivity contribution is 0.139. The van der Waals surface area contributed by atoms with Crippen LogP contribution in [0.15, 0.2) is 30.3 Å². The van der Waals surface area contributed by atoms with Crippen LogP contribution in [0.4, 0.5) is 0 Å². The van der Waals surface area contributed by atoms with Gasteiger partial charge in [-0.05, 0) is 19.4 Å². The molecule has 82 valence electrons. The van der Waals surface area contributed by atoms with Crippen LogP contribution in [0.25, 0.3) is 0 Å². The molecule has 0 amide bonds. The molecule has 1 heterocycles. The Morgan fingerprint density at radius 1 is 1.27 bits per heavy atom. The van der Waals surface area contributed by atoms with Gasteiger partial charge in [-0.2, -0.15) is 0 Å². The average Bonchev–Trinajstić information content (AvgIpc) is 2.25. The fourth-order valence-electron chi connectivity index (χ4n) is 2.14. The molecule has 1 aromatic carbocycles. The standard InChI is InChI=1S/C13H20N2/c1-11-9-15(12(2)8-14-11)10-13-6-4-3-5-7-13/h3-7,11-12,14H,8-10H2,1-2H3/t11-,12?/m0/s1. The van der Waals surface area contributed by atoms with Crippen LogP contribution in [0, 0.1) is 0 Å². The maximum Gasteiger partial charge on any atom is 0.0237 e. The molecule has 2 heteroatoms. The maximum atomic E-state index is 3.51. The first kappa shape index (κ1) is 10.7. The van der Waals surface area contributed by atoms with Crippen molar-refractivity contribution in [1.29, 1.82) is 0 Å². The Labute approximate surface area is 92.3 Å². The summed E-state index contributed by atoms with van der Waals surface area (Å²) in [4.78, 5) is 2.55. The van der Waals surface area contributed by atoms with Crippen molar-refractivity contribution in [2.75, 3.05) is 13.1 Å². The molecule has 0 radical (unpaired) electrons. The van der Waals surface area contributed by atoms with Gasteiger partial charge in [0, 0.05) is 31.7 Å². The molecule has 0 bridgehead atoms. The number of rotatable bonds is 2. The SMILES string of the molecule is CC1CN[C@@H](C)CN1Cc1ccccc1. The van der Waals surface area contributed by atoms with Crippen molar-refractivity contribution in [3.05, 3.63) is 35.9 Å². The quantitative estimate of drug-likeness (QED) is 0.791. The highest BCUT2D eigenvalue weighted by Crippen LogP contribution is 2.11. The lowest BCUT2D eigenvalue weighted by Gasteiger charge is -2.37. The van der Waals surface area contributed by atoms with Crippen molar-refractivity contribution in [2.45, 2.75) is 32.5 Å². The summed E-state index contributed by atoms with van der Waals surface area (Å²) >= 11 is 0. The smallest absolute Gasteiger partial charge is 0.0237 e. The van der Waals surface area contributed by atoms with Gasteiger partial charge in [-0.3, -0.25) is 4.90 Å². The second kappa shape index (κ2) is 4.77. The molecular formula is C13H20N2. The molecule has 1 aliphatic heterocycles. The second-order valence-corrected chi connectivity index (χ2v) is 4.57. The Balaban J connectivity index is 1.98. The van der Waals surface area contributed by atoms with Crippen LogP contribution < -0.4 is 5.32 Å². The molecule has 0 spiro atoms. The normalized spacial score (nSPS) is 27.9. The van der Waals surface area contributed by atoms with Gasteiger partial charge in [0.2, 0.25) is 0 Å². The maximum absolute atomic E-state index is 3.51. The van der Waals surface area contributed by atoms with E-state index in [2.05, 4.69) is 54.4 Å². The van der Waals surface area contributed by atoms with Gasteiger partial charge in [0.15, 0.2) is 0 Å². The Morgan fingerprint density at radius 2 is 2.00 bits per heavy atom. The van der Waals surface area contributed by atoms with Crippen LogP contribution in [-0.4, -0.2) is 30.1 Å². The number of piperazine rings is 1. The first-order valence-corrected chi connectivity index (χ1v) is 5.77. The predicted molar refractivity (Wildman–Crippen MR) is 63.8 cm³/mol. The Bertz CT molecular complexity index is 297. The fraction of sp³-hybridized carbons (Fsp3) is 0.538. The zero-order chi connectivity index (χ0) is 10.7. The van der Waals surface area contributed by atoms with Gasteiger partial charge in [0.25, 0.3) is 0 Å². The monoisotopic (exact) mass is 204 g/mol. The average molecular weight is 204 g/mol. The van der Waals surface area contributed by atoms with E-state index in [1.165, 1.54) is 5.56 Å². The highest BCUT2D eigenvalue weighted by atomic mass is 15.2. The number of hydrogen-bond acceptors (Lipinski definition) is 2. The molecule has 1 fully saturated rings. The first-order chi connectivity index (χ1) is 7.25. The van der Waals surface area contributed by atoms with Crippen molar-refractivity contribution < 1.29 is 0 Å². The minimum atomic E-state index is 0.616. The van der Waals surface area contributed by atoms with Crippen LogP contribution in [0.3, 0.4) is 0 Å². The molecule has 2 nitrogen and oxygen atoms in total. The number of nitrogens with one attached hydrogen (secondary N) is 1. The van der Waals surface area contributed by atoms with Crippen molar-refractivity contribution >= 4 is 0 Å². The fourth-order valence-corrected chi connectivity index (χ4v) is 2.14. The largest absolute Gasteiger partial charge is 0.311 e. The second-order valence-electron chi connectivity index (χ2n) is 4.57. The van der Waals surface area contributed by atoms with Crippen molar-refractivity contribution in [3.63, 3.8) is 0 Å². The molecule has 0 saturated carbocycles. The zero-order valence-corrected chi connectivity index (χ0v) is 9.61. The molecule has 1 saturated heterocycles. The van der Waals surface area contributed by atoms with Gasteiger partial charge < -0.3 is 5.32 Å². The molecule has 15 heavy (non-hydrogen) atoms. The van der Waals surface area contributed by atoms with Crippen LogP contribution in [0.5, 0.6) is 0 Å². The topological polar surface area (TPSA) is 15.3 Å². The molecule has 1 aromatic rings. The Hall–Kier alpha value is -0.860. The van der Waals surface area contributed by atoms with Crippen LogP contribution >= 0.6 is 0 Å². The van der Waals surface area contributed by atoms with Crippen molar-refractivity contribution in [2.24, 2.45) is 0 Å². The zero-order valence-electron chi connectivity index (χ0n) is 9.61. The van der Waals surface area contributed by atoms with Crippen LogP contribution in [0.2, 0.25) is 0 Å². The summed E-state index contributed by atoms with van der Waals surface area (Å²) < 4.78 is 0. The molecule has 1 unspecified atom stereocenters. The predicted octanol–water partition coefficient (Wildman–Crippen LogP) is 1.87. The van der Waals surface area contributed by atoms with E-state index in [0.717, 1.165) is 19.6 Å². The van der Waals surface area contributed by atoms with Gasteiger partial charge in [0.05, 0.1) is 0 Å². The summed E-state index contributed by atoms with van der Waals surface area (Å²) in [6, 6.07) is 12.0. The third-order valence-corrected chi connectivity index (χ3v) is 3.12. The van der Waals surface area contributed by atoms with E-state index in [1.807, 2.05) is 0 Å². The van der Waals surface area contributed by atoms with E-state index in [9.17, 15) is 0 Å². The number of benzene rings is 1. The van der Waals surface area contributed by atoms with Gasteiger partial charge in [-0.25, -0.2) is 0 Å². The van der Waals surface area contributed by atoms with Gasteiger partial charge in [-0.1, -0.05) is 30.3 Å². The van der Waals surface area contributed by atoms with E-state index in [4.69, 9.17) is 0 Å². The van der Waals surface area contributed by atoms with Gasteiger partial charge in [-0.15, -0.1) is 0 Å². The minimum Gasteiger partial charge on any atom is -0.311 e. The van der Waals surface area contributed by atoms with Crippen LogP contribution in [-0.2, 0) is 6.54 Å². The van der Waals surface area contributed by atoms with Crippen molar-refractivity contribution in [3.8, 4) is 0 Å². The van der Waals surface area contributed by atoms with E-state index in [0.29, 0.717) is 12.1 Å². The highest BCUT2D eigenvalue weighted by Gasteiger charge is 2.21. The van der Waals surface area contributed by atoms with Gasteiger partial charge in [0.1, 0.15) is 0 Å². The molecule has 0 aromatic heterocycles. The van der Waals surface area contributed by atoms with E-state index < -0.39 is 0 Å². The molecule has 0 aliphatic carbocycles. The van der Waals surface area contributed by atoms with E-state index in [-0.39, 0.29) is 0 Å². The summed E-state index contributed by atoms with van der Waals surface area (Å²) in [5, 5.41) is 3.51. The molecule has 1 N–H and O–H groups in total. The summed E-state index contributed by atoms with van der Waals surface area (Å²) in [5.74, 6) is 0. The Morgan fingerprint density at radius 3 is 2.73 bits per heavy atom. The van der Waals surface area contributed by atoms with Crippen molar-refractivity contribution in [1.82, 2.24) is 10.2 Å². The molecule has 1 aliphatic rings. The molecule has 2 atom stereocenters.